The molecule has 0 atom stereocenters. The molecule has 0 unspecified atom stereocenters. The van der Waals surface area contributed by atoms with Crippen molar-refractivity contribution in [2.24, 2.45) is 10.2 Å². The van der Waals surface area contributed by atoms with E-state index in [4.69, 9.17) is 11.1 Å². The number of halogens is 1. The molecule has 8 nitrogen and oxygen atoms in total. The van der Waals surface area contributed by atoms with Crippen molar-refractivity contribution in [2.45, 2.75) is 4.90 Å². The molecule has 0 aliphatic heterocycles. The molecule has 0 radical (unpaired) electrons. The molecule has 3 rings (SSSR count). The van der Waals surface area contributed by atoms with Crippen LogP contribution in [-0.4, -0.2) is 16.2 Å². The third kappa shape index (κ3) is 4.21. The van der Waals surface area contributed by atoms with Crippen LogP contribution in [-0.2, 0) is 0 Å². The molecule has 1 aromatic heterocycles. The maximum atomic E-state index is 8.97. The molecule has 0 fully saturated rings. The minimum Gasteiger partial charge on any atom is -0.226 e. The molecule has 0 amide bonds. The Balaban J connectivity index is 2.34. The van der Waals surface area contributed by atoms with Gasteiger partial charge in [0, 0.05) is 30.3 Å². The average Bonchev–Trinajstić information content (AvgIpc) is 2.69. The Morgan fingerprint density at radius 1 is 0.889 bits per heavy atom. The van der Waals surface area contributed by atoms with Gasteiger partial charge in [0.25, 0.3) is 0 Å². The van der Waals surface area contributed by atoms with Gasteiger partial charge in [0.15, 0.2) is 0 Å². The first-order valence-electron chi connectivity index (χ1n) is 7.59. The molecular weight excluding hydrogens is 428 g/mol. The summed E-state index contributed by atoms with van der Waals surface area (Å²) in [6.45, 7) is 0. The molecule has 0 saturated carbocycles. The molecular formula is C17H11BrN8S. The van der Waals surface area contributed by atoms with E-state index in [1.165, 1.54) is 0 Å². The first-order valence-corrected chi connectivity index (χ1v) is 9.60. The predicted octanol–water partition coefficient (Wildman–Crippen LogP) is 7.18. The van der Waals surface area contributed by atoms with Gasteiger partial charge < -0.3 is 0 Å². The standard InChI is InChI=1S/C17H11BrN8S/c1-27-13-8-4-11(5-9-13)15-14(10-2-6-12(18)7-3-10)16(23-25-19)22-17(21-15)24-26-20/h2-9H,1H3. The first kappa shape index (κ1) is 18.8. The third-order valence-electron chi connectivity index (χ3n) is 3.65. The molecule has 0 aliphatic rings. The number of hydrogen-bond donors (Lipinski definition) is 0. The van der Waals surface area contributed by atoms with Gasteiger partial charge in [-0.2, -0.15) is 0 Å². The average molecular weight is 439 g/mol. The van der Waals surface area contributed by atoms with E-state index < -0.39 is 0 Å². The zero-order chi connectivity index (χ0) is 19.2. The number of hydrogen-bond acceptors (Lipinski definition) is 5. The van der Waals surface area contributed by atoms with Crippen LogP contribution in [0.1, 0.15) is 0 Å². The van der Waals surface area contributed by atoms with Gasteiger partial charge in [0.2, 0.25) is 5.95 Å². The molecule has 132 valence electrons. The van der Waals surface area contributed by atoms with Crippen molar-refractivity contribution in [2.75, 3.05) is 6.26 Å². The van der Waals surface area contributed by atoms with Crippen LogP contribution in [0.2, 0.25) is 0 Å². The lowest BCUT2D eigenvalue weighted by Gasteiger charge is -2.13. The Morgan fingerprint density at radius 2 is 1.52 bits per heavy atom. The molecule has 3 aromatic rings. The molecule has 1 heterocycles. The highest BCUT2D eigenvalue weighted by Crippen LogP contribution is 2.39. The fourth-order valence-corrected chi connectivity index (χ4v) is 3.15. The summed E-state index contributed by atoms with van der Waals surface area (Å²) in [5.74, 6) is -0.00845. The lowest BCUT2D eigenvalue weighted by atomic mass is 10.00. The lowest BCUT2D eigenvalue weighted by Crippen LogP contribution is -1.94. The van der Waals surface area contributed by atoms with Gasteiger partial charge in [0.1, 0.15) is 5.82 Å². The van der Waals surface area contributed by atoms with Crippen LogP contribution < -0.4 is 0 Å². The second kappa shape index (κ2) is 8.57. The minimum absolute atomic E-state index is 0.0983. The highest BCUT2D eigenvalue weighted by Gasteiger charge is 2.17. The van der Waals surface area contributed by atoms with E-state index >= 15 is 0 Å². The Kier molecular flexibility index (Phi) is 5.95. The molecule has 0 saturated heterocycles. The van der Waals surface area contributed by atoms with Gasteiger partial charge in [-0.15, -0.1) is 11.8 Å². The van der Waals surface area contributed by atoms with Crippen molar-refractivity contribution >= 4 is 39.5 Å². The van der Waals surface area contributed by atoms with Crippen LogP contribution in [0.25, 0.3) is 43.3 Å². The highest BCUT2D eigenvalue weighted by molar-refractivity contribution is 9.10. The van der Waals surface area contributed by atoms with Crippen LogP contribution in [0.5, 0.6) is 0 Å². The van der Waals surface area contributed by atoms with Crippen LogP contribution >= 0.6 is 27.7 Å². The van der Waals surface area contributed by atoms with E-state index in [-0.39, 0.29) is 11.8 Å². The zero-order valence-corrected chi connectivity index (χ0v) is 16.4. The Bertz CT molecular complexity index is 1070. The molecule has 0 spiro atoms. The van der Waals surface area contributed by atoms with Crippen molar-refractivity contribution in [1.82, 2.24) is 9.97 Å². The van der Waals surface area contributed by atoms with Crippen LogP contribution in [0.4, 0.5) is 11.8 Å². The van der Waals surface area contributed by atoms with Crippen molar-refractivity contribution in [3.05, 3.63) is 73.9 Å². The van der Waals surface area contributed by atoms with Crippen molar-refractivity contribution in [3.8, 4) is 22.4 Å². The highest BCUT2D eigenvalue weighted by atomic mass is 79.9. The maximum absolute atomic E-state index is 8.97. The predicted molar refractivity (Wildman–Crippen MR) is 110 cm³/mol. The van der Waals surface area contributed by atoms with Gasteiger partial charge in [0.05, 0.1) is 5.69 Å². The summed E-state index contributed by atoms with van der Waals surface area (Å²) in [7, 11) is 0. The first-order chi connectivity index (χ1) is 13.2. The summed E-state index contributed by atoms with van der Waals surface area (Å²) in [5.41, 5.74) is 20.4. The number of benzene rings is 2. The lowest BCUT2D eigenvalue weighted by molar-refractivity contribution is 1.12. The smallest absolute Gasteiger partial charge is 0.217 e. The van der Waals surface area contributed by atoms with E-state index in [2.05, 4.69) is 45.9 Å². The van der Waals surface area contributed by atoms with Gasteiger partial charge in [-0.1, -0.05) is 40.2 Å². The number of nitrogens with zero attached hydrogens (tertiary/aromatic N) is 8. The van der Waals surface area contributed by atoms with E-state index in [0.29, 0.717) is 11.3 Å². The maximum Gasteiger partial charge on any atom is 0.217 e. The summed E-state index contributed by atoms with van der Waals surface area (Å²) in [5, 5.41) is 7.18. The van der Waals surface area contributed by atoms with Crippen LogP contribution in [0.15, 0.2) is 68.1 Å². The Morgan fingerprint density at radius 3 is 2.11 bits per heavy atom. The topological polar surface area (TPSA) is 123 Å². The van der Waals surface area contributed by atoms with E-state index in [1.54, 1.807) is 11.8 Å². The fourth-order valence-electron chi connectivity index (χ4n) is 2.48. The number of rotatable bonds is 5. The summed E-state index contributed by atoms with van der Waals surface area (Å²) >= 11 is 5.03. The van der Waals surface area contributed by atoms with Crippen molar-refractivity contribution in [1.29, 1.82) is 0 Å². The molecule has 0 bridgehead atoms. The van der Waals surface area contributed by atoms with Gasteiger partial charge in [-0.3, -0.25) is 0 Å². The Labute approximate surface area is 167 Å². The monoisotopic (exact) mass is 438 g/mol. The van der Waals surface area contributed by atoms with E-state index in [0.717, 1.165) is 20.5 Å². The van der Waals surface area contributed by atoms with E-state index in [9.17, 15) is 0 Å². The van der Waals surface area contributed by atoms with Gasteiger partial charge >= 0.3 is 0 Å². The molecule has 0 aliphatic carbocycles. The second-order valence-corrected chi connectivity index (χ2v) is 6.98. The summed E-state index contributed by atoms with van der Waals surface area (Å²) in [6, 6.07) is 15.2. The van der Waals surface area contributed by atoms with Crippen molar-refractivity contribution < 1.29 is 0 Å². The SMILES string of the molecule is CSc1ccc(-c2nc(N=[N+]=[N-])nc(N=[N+]=[N-])c2-c2ccc(Br)cc2)cc1. The summed E-state index contributed by atoms with van der Waals surface area (Å²) < 4.78 is 0.911. The van der Waals surface area contributed by atoms with E-state index in [1.807, 2.05) is 54.8 Å². The largest absolute Gasteiger partial charge is 0.226 e. The molecule has 2 aromatic carbocycles. The molecule has 10 heteroatoms. The fraction of sp³-hybridized carbons (Fsp3) is 0.0588. The normalized spacial score (nSPS) is 10.0. The number of azide groups is 2. The quantitative estimate of drug-likeness (QED) is 0.181. The van der Waals surface area contributed by atoms with Gasteiger partial charge in [-0.05, 0) is 57.4 Å². The number of thioether (sulfide) groups is 1. The minimum atomic E-state index is -0.107. The summed E-state index contributed by atoms with van der Waals surface area (Å²) in [4.78, 5) is 15.2. The van der Waals surface area contributed by atoms with Gasteiger partial charge in [-0.25, -0.2) is 9.97 Å². The Hall–Kier alpha value is -3.03. The van der Waals surface area contributed by atoms with Crippen molar-refractivity contribution in [3.63, 3.8) is 0 Å². The zero-order valence-electron chi connectivity index (χ0n) is 14.0. The molecule has 0 N–H and O–H groups in total. The summed E-state index contributed by atoms with van der Waals surface area (Å²) in [6.07, 6.45) is 1.99. The third-order valence-corrected chi connectivity index (χ3v) is 4.92. The second-order valence-electron chi connectivity index (χ2n) is 5.19. The molecule has 27 heavy (non-hydrogen) atoms. The van der Waals surface area contributed by atoms with Crippen LogP contribution in [0.3, 0.4) is 0 Å². The number of aromatic nitrogens is 2. The van der Waals surface area contributed by atoms with Crippen LogP contribution in [0, 0.1) is 0 Å².